The molecular weight excluding hydrogens is 706 g/mol. The van der Waals surface area contributed by atoms with E-state index in [0.717, 1.165) is 35.7 Å². The quantitative estimate of drug-likeness (QED) is 0.0977. The van der Waals surface area contributed by atoms with Gasteiger partial charge in [-0.05, 0) is 141 Å². The van der Waals surface area contributed by atoms with Gasteiger partial charge < -0.3 is 24.5 Å². The van der Waals surface area contributed by atoms with Gasteiger partial charge in [0.15, 0.2) is 0 Å². The first-order valence-corrected chi connectivity index (χ1v) is 21.3. The van der Waals surface area contributed by atoms with Gasteiger partial charge in [-0.25, -0.2) is 4.79 Å². The first-order valence-electron chi connectivity index (χ1n) is 20.5. The molecule has 0 aromatic heterocycles. The largest absolute Gasteiger partial charge is 0.478 e. The number of hydrogen-bond donors (Lipinski definition) is 3. The monoisotopic (exact) mass is 780 g/mol. The zero-order valence-corrected chi connectivity index (χ0v) is 35.8. The zero-order valence-electron chi connectivity index (χ0n) is 34.2. The molecule has 1 unspecified atom stereocenters. The number of hydrogen-bond acceptors (Lipinski definition) is 5. The van der Waals surface area contributed by atoms with Gasteiger partial charge >= 0.3 is 11.9 Å². The molecule has 4 rings (SSSR count). The van der Waals surface area contributed by atoms with E-state index >= 15 is 0 Å². The third-order valence-electron chi connectivity index (χ3n) is 14.6. The average molecular weight is 782 g/mol. The van der Waals surface area contributed by atoms with E-state index in [1.54, 1.807) is 0 Å². The van der Waals surface area contributed by atoms with Crippen LogP contribution in [-0.4, -0.2) is 76.2 Å². The highest BCUT2D eigenvalue weighted by atomic mass is 79.9. The first-order chi connectivity index (χ1) is 23.8. The summed E-state index contributed by atoms with van der Waals surface area (Å²) in [4.78, 5) is 25.0. The van der Waals surface area contributed by atoms with Crippen molar-refractivity contribution in [3.05, 3.63) is 21.2 Å². The molecule has 0 aromatic carbocycles. The number of carbonyl (C=O) groups excluding carboxylic acids is 1. The maximum Gasteiger partial charge on any atom is 0.331 e. The van der Waals surface area contributed by atoms with Gasteiger partial charge in [-0.3, -0.25) is 4.79 Å². The number of fused-ring (bicyclic) bond motifs is 5. The molecule has 4 fully saturated rings. The van der Waals surface area contributed by atoms with Gasteiger partial charge in [0, 0.05) is 12.5 Å². The minimum absolute atomic E-state index is 0.0374. The number of carboxylic acids is 1. The van der Waals surface area contributed by atoms with Crippen LogP contribution in [0.2, 0.25) is 0 Å². The van der Waals surface area contributed by atoms with Crippen molar-refractivity contribution in [2.24, 2.45) is 39.9 Å². The van der Waals surface area contributed by atoms with Crippen LogP contribution in [0.15, 0.2) is 21.2 Å². The number of carboxylic acid groups (broad SMARTS) is 1. The van der Waals surface area contributed by atoms with Crippen molar-refractivity contribution in [3.8, 4) is 0 Å². The fraction of sp³-hybridized carbons (Fsp3) is 0.860. The molecule has 294 valence electrons. The molecule has 4 aliphatic carbocycles. The molecule has 3 N–H and O–H groups in total. The molecule has 8 heteroatoms. The van der Waals surface area contributed by atoms with E-state index < -0.39 is 24.1 Å². The first kappa shape index (κ1) is 44.2. The van der Waals surface area contributed by atoms with E-state index in [1.807, 2.05) is 13.8 Å². The molecule has 51 heavy (non-hydrogen) atoms. The Labute approximate surface area is 319 Å². The second-order valence-electron chi connectivity index (χ2n) is 18.0. The van der Waals surface area contributed by atoms with Gasteiger partial charge in [0.25, 0.3) is 0 Å². The Hall–Kier alpha value is -1.22. The number of allylic oxidation sites excluding steroid dienone is 2. The highest BCUT2D eigenvalue weighted by molar-refractivity contribution is 9.11. The maximum absolute atomic E-state index is 12.7. The molecule has 0 heterocycles. The molecule has 4 aliphatic rings. The second kappa shape index (κ2) is 17.9. The molecule has 0 aromatic rings. The molecule has 7 nitrogen and oxygen atoms in total. The van der Waals surface area contributed by atoms with E-state index in [2.05, 4.69) is 71.3 Å². The number of aliphatic hydroxyl groups excluding tert-OH is 2. The number of nitrogens with zero attached hydrogens (tertiary/aromatic N) is 1. The van der Waals surface area contributed by atoms with Crippen LogP contribution in [0.5, 0.6) is 0 Å². The van der Waals surface area contributed by atoms with Crippen LogP contribution in [0.4, 0.5) is 0 Å². The summed E-state index contributed by atoms with van der Waals surface area (Å²) in [5.74, 6) is -0.977. The number of aliphatic carboxylic acids is 1. The van der Waals surface area contributed by atoms with E-state index in [4.69, 9.17) is 4.74 Å². The lowest BCUT2D eigenvalue weighted by molar-refractivity contribution is -0.928. The fourth-order valence-corrected chi connectivity index (χ4v) is 12.5. The average Bonchev–Trinajstić information content (AvgIpc) is 3.31. The van der Waals surface area contributed by atoms with Gasteiger partial charge in [0.2, 0.25) is 0 Å². The Morgan fingerprint density at radius 3 is 1.86 bits per heavy atom. The van der Waals surface area contributed by atoms with Gasteiger partial charge in [-0.1, -0.05) is 76.9 Å². The molecular formula is C43H75BrNO6+. The molecule has 0 amide bonds. The topological polar surface area (TPSA) is 104 Å². The Bertz CT molecular complexity index is 1250. The van der Waals surface area contributed by atoms with Gasteiger partial charge in [-0.2, -0.15) is 0 Å². The van der Waals surface area contributed by atoms with E-state index in [0.29, 0.717) is 42.7 Å². The molecule has 0 bridgehead atoms. The number of aliphatic hydroxyl groups is 2. The summed E-state index contributed by atoms with van der Waals surface area (Å²) in [6, 6.07) is 0. The smallest absolute Gasteiger partial charge is 0.331 e. The standard InChI is InChI=1S/C31H47BrO6.C12H28N/c1-16(2)22(32)9-8-19(28(36)37)26-21-14-24(35)27-29(5)12-11-23(34)17(3)20(29)10-13-30(27,6)31(21,7)15-25(26)38-18(4)33;1-5-9-13(10-6-2,11-7-3)12-8-4/h17,20-21,23-25,27,34-35H,8-15H2,1-7H3,(H,36,37);5-12H2,1-4H3/q;+1/t17-,20?,21+,23+,24+,25-,27+,29-,30-,31-;/m0./s1. The number of rotatable bonds is 13. The molecule has 0 saturated heterocycles. The summed E-state index contributed by atoms with van der Waals surface area (Å²) in [5.41, 5.74) is 1.45. The van der Waals surface area contributed by atoms with Crippen LogP contribution >= 0.6 is 15.9 Å². The lowest BCUT2D eigenvalue weighted by atomic mass is 9.36. The summed E-state index contributed by atoms with van der Waals surface area (Å²) >= 11 is 3.60. The van der Waals surface area contributed by atoms with E-state index in [1.165, 1.54) is 63.3 Å². The Morgan fingerprint density at radius 1 is 0.843 bits per heavy atom. The summed E-state index contributed by atoms with van der Waals surface area (Å²) < 4.78 is 8.25. The molecule has 0 spiro atoms. The van der Waals surface area contributed by atoms with Crippen LogP contribution in [0.3, 0.4) is 0 Å². The summed E-state index contributed by atoms with van der Waals surface area (Å²) in [5, 5.41) is 33.0. The second-order valence-corrected chi connectivity index (χ2v) is 18.9. The minimum Gasteiger partial charge on any atom is -0.478 e. The van der Waals surface area contributed by atoms with E-state index in [9.17, 15) is 24.9 Å². The van der Waals surface area contributed by atoms with Crippen molar-refractivity contribution in [1.29, 1.82) is 0 Å². The molecule has 4 saturated carbocycles. The highest BCUT2D eigenvalue weighted by Gasteiger charge is 2.70. The van der Waals surface area contributed by atoms with Crippen LogP contribution in [0.25, 0.3) is 0 Å². The molecule has 0 aliphatic heterocycles. The van der Waals surface area contributed by atoms with Crippen molar-refractivity contribution in [3.63, 3.8) is 0 Å². The van der Waals surface area contributed by atoms with Crippen LogP contribution in [0.1, 0.15) is 153 Å². The van der Waals surface area contributed by atoms with Gasteiger partial charge in [0.05, 0.1) is 38.4 Å². The normalized spacial score (nSPS) is 36.9. The van der Waals surface area contributed by atoms with Crippen molar-refractivity contribution in [2.75, 3.05) is 26.2 Å². The van der Waals surface area contributed by atoms with Crippen molar-refractivity contribution < 1.29 is 34.1 Å². The van der Waals surface area contributed by atoms with Crippen LogP contribution in [0, 0.1) is 39.9 Å². The minimum atomic E-state index is -0.969. The Morgan fingerprint density at radius 2 is 1.39 bits per heavy atom. The highest BCUT2D eigenvalue weighted by Crippen LogP contribution is 2.74. The van der Waals surface area contributed by atoms with Crippen molar-refractivity contribution in [1.82, 2.24) is 0 Å². The van der Waals surface area contributed by atoms with Gasteiger partial charge in [0.1, 0.15) is 6.10 Å². The van der Waals surface area contributed by atoms with Crippen LogP contribution < -0.4 is 0 Å². The van der Waals surface area contributed by atoms with E-state index in [-0.39, 0.29) is 40.1 Å². The van der Waals surface area contributed by atoms with Crippen molar-refractivity contribution in [2.45, 2.75) is 172 Å². The predicted molar refractivity (Wildman–Crippen MR) is 211 cm³/mol. The van der Waals surface area contributed by atoms with Crippen LogP contribution in [-0.2, 0) is 14.3 Å². The number of halogens is 1. The van der Waals surface area contributed by atoms with Crippen molar-refractivity contribution >= 4 is 27.9 Å². The SMILES string of the molecule is CC(=O)O[C@H]1C[C@@]2(C)[C@H](C[C@@H](O)[C@@H]3[C@@]4(C)CC[C@@H](O)[C@@H](C)C4CC[C@@]32C)C1=C(CCC(Br)=C(C)C)C(=O)O.CCC[N+](CCC)(CCC)CCC. The summed E-state index contributed by atoms with van der Waals surface area (Å²) in [6.07, 6.45) is 9.32. The third-order valence-corrected chi connectivity index (χ3v) is 15.7. The van der Waals surface area contributed by atoms with Gasteiger partial charge in [-0.15, -0.1) is 0 Å². The predicted octanol–water partition coefficient (Wildman–Crippen LogP) is 9.83. The number of carbonyl (C=O) groups is 2. The fourth-order valence-electron chi connectivity index (χ4n) is 12.3. The number of quaternary nitrogens is 1. The molecule has 0 radical (unpaired) electrons. The molecule has 10 atom stereocenters. The number of esters is 1. The Balaban J connectivity index is 0.000000460. The Kier molecular flexibility index (Phi) is 15.5. The maximum atomic E-state index is 12.7. The lowest BCUT2D eigenvalue weighted by Gasteiger charge is -2.69. The summed E-state index contributed by atoms with van der Waals surface area (Å²) in [6.45, 7) is 29.2. The zero-order chi connectivity index (χ0) is 38.5. The lowest BCUT2D eigenvalue weighted by Crippen LogP contribution is -2.65. The summed E-state index contributed by atoms with van der Waals surface area (Å²) in [7, 11) is 0. The number of ether oxygens (including phenoxy) is 1. The third kappa shape index (κ3) is 8.86.